The van der Waals surface area contributed by atoms with E-state index in [9.17, 15) is 9.59 Å². The number of aromatic carboxylic acids is 1. The molecule has 0 radical (unpaired) electrons. The van der Waals surface area contributed by atoms with E-state index in [1.54, 1.807) is 0 Å². The van der Waals surface area contributed by atoms with Gasteiger partial charge in [-0.3, -0.25) is 0 Å². The van der Waals surface area contributed by atoms with Crippen LogP contribution >= 0.6 is 0 Å². The van der Waals surface area contributed by atoms with Crippen molar-refractivity contribution in [1.82, 2.24) is 5.32 Å². The molecule has 21 heavy (non-hydrogen) atoms. The van der Waals surface area contributed by atoms with Crippen molar-refractivity contribution in [3.63, 3.8) is 0 Å². The maximum Gasteiger partial charge on any atom is 0.337 e. The zero-order valence-corrected chi connectivity index (χ0v) is 12.6. The molecule has 6 heteroatoms. The van der Waals surface area contributed by atoms with Gasteiger partial charge in [0, 0.05) is 12.6 Å². The number of anilines is 1. The van der Waals surface area contributed by atoms with Gasteiger partial charge in [-0.25, -0.2) is 9.59 Å². The number of urea groups is 1. The predicted octanol–water partition coefficient (Wildman–Crippen LogP) is 2.95. The van der Waals surface area contributed by atoms with E-state index in [-0.39, 0.29) is 11.3 Å². The molecule has 0 aliphatic rings. The average Bonchev–Trinajstić information content (AvgIpc) is 2.43. The molecule has 0 unspecified atom stereocenters. The number of carbonyl (C=O) groups is 2. The Morgan fingerprint density at radius 3 is 2.62 bits per heavy atom. The first-order valence-corrected chi connectivity index (χ1v) is 6.90. The van der Waals surface area contributed by atoms with Crippen molar-refractivity contribution >= 4 is 17.7 Å². The van der Waals surface area contributed by atoms with Crippen molar-refractivity contribution in [2.24, 2.45) is 5.92 Å². The lowest BCUT2D eigenvalue weighted by Crippen LogP contribution is -2.30. The Balaban J connectivity index is 2.63. The van der Waals surface area contributed by atoms with E-state index in [2.05, 4.69) is 24.5 Å². The first-order chi connectivity index (χ1) is 9.93. The van der Waals surface area contributed by atoms with Crippen molar-refractivity contribution in [3.05, 3.63) is 23.8 Å². The molecule has 0 aliphatic heterocycles. The highest BCUT2D eigenvalue weighted by Crippen LogP contribution is 2.22. The summed E-state index contributed by atoms with van der Waals surface area (Å²) < 4.78 is 5.03. The second-order valence-corrected chi connectivity index (χ2v) is 5.13. The van der Waals surface area contributed by atoms with Gasteiger partial charge in [-0.15, -0.1) is 0 Å². The van der Waals surface area contributed by atoms with Crippen LogP contribution in [0.1, 0.15) is 37.0 Å². The molecule has 0 heterocycles. The van der Waals surface area contributed by atoms with Gasteiger partial charge in [0.25, 0.3) is 0 Å². The normalized spacial score (nSPS) is 10.3. The van der Waals surface area contributed by atoms with E-state index in [0.717, 1.165) is 12.8 Å². The summed E-state index contributed by atoms with van der Waals surface area (Å²) in [7, 11) is 1.48. The highest BCUT2D eigenvalue weighted by Gasteiger charge is 2.13. The molecule has 0 saturated heterocycles. The number of amides is 2. The Labute approximate surface area is 124 Å². The summed E-state index contributed by atoms with van der Waals surface area (Å²) in [6.07, 6.45) is 1.91. The van der Waals surface area contributed by atoms with Crippen LogP contribution in [0.2, 0.25) is 0 Å². The lowest BCUT2D eigenvalue weighted by Gasteiger charge is -2.11. The highest BCUT2D eigenvalue weighted by molar-refractivity contribution is 6.00. The summed E-state index contributed by atoms with van der Waals surface area (Å²) in [5, 5.41) is 14.4. The van der Waals surface area contributed by atoms with Gasteiger partial charge in [-0.1, -0.05) is 13.8 Å². The van der Waals surface area contributed by atoms with Crippen LogP contribution in [0.3, 0.4) is 0 Å². The maximum absolute atomic E-state index is 11.8. The van der Waals surface area contributed by atoms with Crippen LogP contribution in [0.25, 0.3) is 0 Å². The first kappa shape index (κ1) is 16.8. The Kier molecular flexibility index (Phi) is 6.52. The largest absolute Gasteiger partial charge is 0.497 e. The van der Waals surface area contributed by atoms with Crippen LogP contribution in [0, 0.1) is 5.92 Å². The SMILES string of the molecule is COc1ccc(C(=O)O)c(NC(=O)NCCCC(C)C)c1. The van der Waals surface area contributed by atoms with Gasteiger partial charge in [0.15, 0.2) is 0 Å². The number of benzene rings is 1. The minimum atomic E-state index is -1.10. The number of methoxy groups -OCH3 is 1. The number of nitrogens with one attached hydrogen (secondary N) is 2. The van der Waals surface area contributed by atoms with Crippen LogP contribution in [-0.4, -0.2) is 30.8 Å². The fourth-order valence-electron chi connectivity index (χ4n) is 1.82. The quantitative estimate of drug-likeness (QED) is 0.675. The van der Waals surface area contributed by atoms with E-state index >= 15 is 0 Å². The molecule has 116 valence electrons. The molecule has 0 bridgehead atoms. The second-order valence-electron chi connectivity index (χ2n) is 5.13. The van der Waals surface area contributed by atoms with Crippen LogP contribution < -0.4 is 15.4 Å². The summed E-state index contributed by atoms with van der Waals surface area (Å²) in [5.74, 6) is -0.0327. The number of carboxylic acids is 1. The highest BCUT2D eigenvalue weighted by atomic mass is 16.5. The molecule has 1 aromatic rings. The molecule has 3 N–H and O–H groups in total. The van der Waals surface area contributed by atoms with Gasteiger partial charge >= 0.3 is 12.0 Å². The molecule has 0 spiro atoms. The minimum absolute atomic E-state index is 0.0214. The summed E-state index contributed by atoms with van der Waals surface area (Å²) in [5.41, 5.74) is 0.233. The Morgan fingerprint density at radius 1 is 1.33 bits per heavy atom. The Hall–Kier alpha value is -2.24. The third-order valence-electron chi connectivity index (χ3n) is 2.95. The van der Waals surface area contributed by atoms with Gasteiger partial charge in [0.2, 0.25) is 0 Å². The van der Waals surface area contributed by atoms with Gasteiger partial charge in [-0.05, 0) is 30.9 Å². The third-order valence-corrected chi connectivity index (χ3v) is 2.95. The Morgan fingerprint density at radius 2 is 2.05 bits per heavy atom. The summed E-state index contributed by atoms with van der Waals surface area (Å²) in [6.45, 7) is 4.79. The van der Waals surface area contributed by atoms with E-state index < -0.39 is 12.0 Å². The smallest absolute Gasteiger partial charge is 0.337 e. The van der Waals surface area contributed by atoms with Crippen LogP contribution in [-0.2, 0) is 0 Å². The number of carboxylic acid groups (broad SMARTS) is 1. The van der Waals surface area contributed by atoms with E-state index in [1.165, 1.54) is 25.3 Å². The molecule has 1 aromatic carbocycles. The molecule has 2 amide bonds. The lowest BCUT2D eigenvalue weighted by atomic mass is 10.1. The molecule has 6 nitrogen and oxygen atoms in total. The summed E-state index contributed by atoms with van der Waals surface area (Å²) in [6, 6.07) is 4.00. The zero-order chi connectivity index (χ0) is 15.8. The van der Waals surface area contributed by atoms with Crippen molar-refractivity contribution in [1.29, 1.82) is 0 Å². The van der Waals surface area contributed by atoms with Gasteiger partial charge in [0.05, 0.1) is 18.4 Å². The molecule has 0 aliphatic carbocycles. The topological polar surface area (TPSA) is 87.7 Å². The van der Waals surface area contributed by atoms with Crippen molar-refractivity contribution in [2.75, 3.05) is 19.0 Å². The molecule has 0 saturated carbocycles. The molecular weight excluding hydrogens is 272 g/mol. The number of hydrogen-bond donors (Lipinski definition) is 3. The van der Waals surface area contributed by atoms with Crippen molar-refractivity contribution < 1.29 is 19.4 Å². The fourth-order valence-corrected chi connectivity index (χ4v) is 1.82. The van der Waals surface area contributed by atoms with E-state index in [0.29, 0.717) is 18.2 Å². The van der Waals surface area contributed by atoms with E-state index in [1.807, 2.05) is 0 Å². The van der Waals surface area contributed by atoms with Gasteiger partial charge in [-0.2, -0.15) is 0 Å². The number of rotatable bonds is 7. The lowest BCUT2D eigenvalue weighted by molar-refractivity contribution is 0.0698. The summed E-state index contributed by atoms with van der Waals surface area (Å²) in [4.78, 5) is 22.9. The standard InChI is InChI=1S/C15H22N2O4/c1-10(2)5-4-8-16-15(20)17-13-9-11(21-3)6-7-12(13)14(18)19/h6-7,9-10H,4-5,8H2,1-3H3,(H,18,19)(H2,16,17,20). The second kappa shape index (κ2) is 8.14. The summed E-state index contributed by atoms with van der Waals surface area (Å²) >= 11 is 0. The molecule has 0 aromatic heterocycles. The molecule has 0 atom stereocenters. The van der Waals surface area contributed by atoms with Crippen LogP contribution in [0.5, 0.6) is 5.75 Å². The average molecular weight is 294 g/mol. The first-order valence-electron chi connectivity index (χ1n) is 6.90. The minimum Gasteiger partial charge on any atom is -0.497 e. The molecule has 1 rings (SSSR count). The van der Waals surface area contributed by atoms with Crippen LogP contribution in [0.15, 0.2) is 18.2 Å². The van der Waals surface area contributed by atoms with Crippen LogP contribution in [0.4, 0.5) is 10.5 Å². The number of hydrogen-bond acceptors (Lipinski definition) is 3. The maximum atomic E-state index is 11.8. The Bertz CT molecular complexity index is 500. The molecule has 0 fully saturated rings. The monoisotopic (exact) mass is 294 g/mol. The third kappa shape index (κ3) is 5.72. The predicted molar refractivity (Wildman–Crippen MR) is 81.0 cm³/mol. The van der Waals surface area contributed by atoms with Crippen molar-refractivity contribution in [2.45, 2.75) is 26.7 Å². The van der Waals surface area contributed by atoms with Crippen molar-refractivity contribution in [3.8, 4) is 5.75 Å². The fraction of sp³-hybridized carbons (Fsp3) is 0.467. The number of ether oxygens (including phenoxy) is 1. The molecular formula is C15H22N2O4. The van der Waals surface area contributed by atoms with E-state index in [4.69, 9.17) is 9.84 Å². The van der Waals surface area contributed by atoms with Gasteiger partial charge < -0.3 is 20.5 Å². The zero-order valence-electron chi connectivity index (χ0n) is 12.6. The number of carbonyl (C=O) groups excluding carboxylic acids is 1. The van der Waals surface area contributed by atoms with Gasteiger partial charge in [0.1, 0.15) is 5.75 Å².